The van der Waals surface area contributed by atoms with E-state index in [2.05, 4.69) is 4.74 Å². The summed E-state index contributed by atoms with van der Waals surface area (Å²) < 4.78 is 46.1. The SMILES string of the molecule is COc1ccc2c(ccn2CCOC(F)(F)F)c1. The molecule has 0 spiro atoms. The monoisotopic (exact) mass is 259 g/mol. The fourth-order valence-corrected chi connectivity index (χ4v) is 1.76. The Bertz CT molecular complexity index is 534. The normalized spacial score (nSPS) is 12.0. The molecule has 0 bridgehead atoms. The Hall–Kier alpha value is -1.69. The first kappa shape index (κ1) is 12.8. The smallest absolute Gasteiger partial charge is 0.497 e. The maximum Gasteiger partial charge on any atom is 0.522 e. The van der Waals surface area contributed by atoms with Gasteiger partial charge in [-0.2, -0.15) is 0 Å². The van der Waals surface area contributed by atoms with Crippen LogP contribution in [0, 0.1) is 0 Å². The molecular formula is C12H12F3NO2. The van der Waals surface area contributed by atoms with Crippen molar-refractivity contribution in [3.63, 3.8) is 0 Å². The maximum atomic E-state index is 11.8. The number of fused-ring (bicyclic) bond motifs is 1. The van der Waals surface area contributed by atoms with Gasteiger partial charge in [0.1, 0.15) is 5.75 Å². The van der Waals surface area contributed by atoms with Crippen molar-refractivity contribution in [3.05, 3.63) is 30.5 Å². The average Bonchev–Trinajstić information content (AvgIpc) is 2.70. The van der Waals surface area contributed by atoms with E-state index in [1.54, 1.807) is 23.9 Å². The van der Waals surface area contributed by atoms with E-state index in [1.807, 2.05) is 18.2 Å². The topological polar surface area (TPSA) is 23.4 Å². The first-order chi connectivity index (χ1) is 8.49. The number of hydrogen-bond donors (Lipinski definition) is 0. The summed E-state index contributed by atoms with van der Waals surface area (Å²) in [5.41, 5.74) is 0.849. The van der Waals surface area contributed by atoms with Crippen molar-refractivity contribution in [1.29, 1.82) is 0 Å². The van der Waals surface area contributed by atoms with Crippen molar-refractivity contribution in [2.75, 3.05) is 13.7 Å². The van der Waals surface area contributed by atoms with Gasteiger partial charge in [0, 0.05) is 23.6 Å². The van der Waals surface area contributed by atoms with Crippen LogP contribution >= 0.6 is 0 Å². The molecule has 18 heavy (non-hydrogen) atoms. The molecule has 0 atom stereocenters. The molecule has 3 nitrogen and oxygen atoms in total. The summed E-state index contributed by atoms with van der Waals surface area (Å²) in [6.45, 7) is -0.255. The van der Waals surface area contributed by atoms with E-state index in [-0.39, 0.29) is 6.54 Å². The Morgan fingerprint density at radius 1 is 1.22 bits per heavy atom. The molecule has 1 aromatic heterocycles. The molecule has 0 amide bonds. The highest BCUT2D eigenvalue weighted by molar-refractivity contribution is 5.81. The quantitative estimate of drug-likeness (QED) is 0.841. The number of benzene rings is 1. The van der Waals surface area contributed by atoms with Crippen LogP contribution in [-0.4, -0.2) is 24.6 Å². The summed E-state index contributed by atoms with van der Waals surface area (Å²) in [5.74, 6) is 0.715. The van der Waals surface area contributed by atoms with E-state index >= 15 is 0 Å². The van der Waals surface area contributed by atoms with Gasteiger partial charge < -0.3 is 9.30 Å². The predicted molar refractivity (Wildman–Crippen MR) is 60.5 cm³/mol. The third-order valence-corrected chi connectivity index (χ3v) is 2.58. The lowest BCUT2D eigenvalue weighted by Gasteiger charge is -2.09. The molecule has 0 aliphatic rings. The molecule has 2 rings (SSSR count). The molecular weight excluding hydrogens is 247 g/mol. The number of nitrogens with zero attached hydrogens (tertiary/aromatic N) is 1. The van der Waals surface area contributed by atoms with Gasteiger partial charge in [-0.15, -0.1) is 13.2 Å². The minimum atomic E-state index is -4.58. The van der Waals surface area contributed by atoms with Crippen molar-refractivity contribution >= 4 is 10.9 Å². The van der Waals surface area contributed by atoms with Crippen molar-refractivity contribution in [3.8, 4) is 5.75 Å². The standard InChI is InChI=1S/C12H12F3NO2/c1-17-10-2-3-11-9(8-10)4-5-16(11)6-7-18-12(13,14)15/h2-5,8H,6-7H2,1H3. The summed E-state index contributed by atoms with van der Waals surface area (Å²) in [6, 6.07) is 7.23. The largest absolute Gasteiger partial charge is 0.522 e. The maximum absolute atomic E-state index is 11.8. The number of methoxy groups -OCH3 is 1. The van der Waals surface area contributed by atoms with E-state index in [0.717, 1.165) is 10.9 Å². The molecule has 98 valence electrons. The molecule has 0 radical (unpaired) electrons. The Morgan fingerprint density at radius 3 is 2.67 bits per heavy atom. The summed E-state index contributed by atoms with van der Waals surface area (Å²) in [6.07, 6.45) is -2.85. The van der Waals surface area contributed by atoms with Crippen LogP contribution in [0.5, 0.6) is 5.75 Å². The highest BCUT2D eigenvalue weighted by Gasteiger charge is 2.28. The van der Waals surface area contributed by atoms with Gasteiger partial charge in [-0.1, -0.05) is 0 Å². The Labute approximate surface area is 102 Å². The van der Waals surface area contributed by atoms with E-state index in [4.69, 9.17) is 4.74 Å². The molecule has 2 aromatic rings. The molecule has 0 saturated carbocycles. The minimum Gasteiger partial charge on any atom is -0.497 e. The van der Waals surface area contributed by atoms with E-state index in [9.17, 15) is 13.2 Å². The fraction of sp³-hybridized carbons (Fsp3) is 0.333. The zero-order chi connectivity index (χ0) is 13.2. The van der Waals surface area contributed by atoms with Crippen LogP contribution < -0.4 is 4.74 Å². The lowest BCUT2D eigenvalue weighted by Crippen LogP contribution is -2.17. The molecule has 0 N–H and O–H groups in total. The van der Waals surface area contributed by atoms with Gasteiger partial charge in [-0.05, 0) is 24.3 Å². The summed E-state index contributed by atoms with van der Waals surface area (Å²) in [5, 5.41) is 0.918. The van der Waals surface area contributed by atoms with Gasteiger partial charge in [-0.25, -0.2) is 0 Å². The number of hydrogen-bond acceptors (Lipinski definition) is 2. The van der Waals surface area contributed by atoms with Gasteiger partial charge >= 0.3 is 6.36 Å². The van der Waals surface area contributed by atoms with Crippen LogP contribution in [0.1, 0.15) is 0 Å². The number of halogens is 3. The van der Waals surface area contributed by atoms with Crippen LogP contribution in [-0.2, 0) is 11.3 Å². The van der Waals surface area contributed by atoms with Gasteiger partial charge in [0.25, 0.3) is 0 Å². The summed E-state index contributed by atoms with van der Waals surface area (Å²) in [7, 11) is 1.56. The number of alkyl halides is 3. The molecule has 1 aromatic carbocycles. The van der Waals surface area contributed by atoms with Gasteiger partial charge in [-0.3, -0.25) is 4.74 Å². The van der Waals surface area contributed by atoms with Gasteiger partial charge in [0.2, 0.25) is 0 Å². The highest BCUT2D eigenvalue weighted by atomic mass is 19.4. The number of aromatic nitrogens is 1. The molecule has 0 fully saturated rings. The fourth-order valence-electron chi connectivity index (χ4n) is 1.76. The van der Waals surface area contributed by atoms with Crippen LogP contribution in [0.4, 0.5) is 13.2 Å². The van der Waals surface area contributed by atoms with E-state index in [0.29, 0.717) is 5.75 Å². The zero-order valence-corrected chi connectivity index (χ0v) is 9.70. The van der Waals surface area contributed by atoms with Crippen molar-refractivity contribution in [1.82, 2.24) is 4.57 Å². The average molecular weight is 259 g/mol. The summed E-state index contributed by atoms with van der Waals surface area (Å²) >= 11 is 0. The molecule has 0 aliphatic carbocycles. The van der Waals surface area contributed by atoms with Crippen LogP contribution in [0.3, 0.4) is 0 Å². The molecule has 0 saturated heterocycles. The van der Waals surface area contributed by atoms with Crippen molar-refractivity contribution < 1.29 is 22.6 Å². The Morgan fingerprint density at radius 2 is 2.00 bits per heavy atom. The summed E-state index contributed by atoms with van der Waals surface area (Å²) in [4.78, 5) is 0. The highest BCUT2D eigenvalue weighted by Crippen LogP contribution is 2.22. The third kappa shape index (κ3) is 2.95. The zero-order valence-electron chi connectivity index (χ0n) is 9.70. The Balaban J connectivity index is 2.10. The third-order valence-electron chi connectivity index (χ3n) is 2.58. The lowest BCUT2D eigenvalue weighted by atomic mass is 10.2. The van der Waals surface area contributed by atoms with Crippen LogP contribution in [0.25, 0.3) is 10.9 Å². The second-order valence-electron chi connectivity index (χ2n) is 3.73. The Kier molecular flexibility index (Phi) is 3.47. The second kappa shape index (κ2) is 4.89. The van der Waals surface area contributed by atoms with E-state index in [1.165, 1.54) is 0 Å². The van der Waals surface area contributed by atoms with Crippen LogP contribution in [0.2, 0.25) is 0 Å². The lowest BCUT2D eigenvalue weighted by molar-refractivity contribution is -0.325. The van der Waals surface area contributed by atoms with Gasteiger partial charge in [0.15, 0.2) is 0 Å². The molecule has 0 aliphatic heterocycles. The van der Waals surface area contributed by atoms with Gasteiger partial charge in [0.05, 0.1) is 13.7 Å². The van der Waals surface area contributed by atoms with Crippen LogP contribution in [0.15, 0.2) is 30.5 Å². The molecule has 0 unspecified atom stereocenters. The predicted octanol–water partition coefficient (Wildman–Crippen LogP) is 3.19. The van der Waals surface area contributed by atoms with Crippen molar-refractivity contribution in [2.24, 2.45) is 0 Å². The first-order valence-electron chi connectivity index (χ1n) is 5.33. The first-order valence-corrected chi connectivity index (χ1v) is 5.33. The molecule has 1 heterocycles. The minimum absolute atomic E-state index is 0.148. The molecule has 6 heteroatoms. The van der Waals surface area contributed by atoms with E-state index < -0.39 is 13.0 Å². The van der Waals surface area contributed by atoms with Crippen molar-refractivity contribution in [2.45, 2.75) is 12.9 Å². The number of rotatable bonds is 4. The number of ether oxygens (including phenoxy) is 2. The second-order valence-corrected chi connectivity index (χ2v) is 3.73.